The standard InChI is InChI=1S/C29H41N5/c1-22(2)15-18-33-17-8-9-23(19-33)20-34-26-13-5-4-12-25(26)31-28(34)21-32(3)27-14-6-10-24-11-7-16-30-29(24)27/h4-5,7,11-13,16,22-23,27H,6,8-10,14-15,17-21H2,1-3H3/t23-,27+/m1/s1. The molecule has 5 rings (SSSR count). The number of hydrogen-bond acceptors (Lipinski definition) is 4. The summed E-state index contributed by atoms with van der Waals surface area (Å²) < 4.78 is 2.53. The first kappa shape index (κ1) is 23.5. The molecule has 0 spiro atoms. The lowest BCUT2D eigenvalue weighted by Gasteiger charge is -2.34. The highest BCUT2D eigenvalue weighted by Gasteiger charge is 2.27. The van der Waals surface area contributed by atoms with Crippen LogP contribution in [0.3, 0.4) is 0 Å². The van der Waals surface area contributed by atoms with Gasteiger partial charge >= 0.3 is 0 Å². The summed E-state index contributed by atoms with van der Waals surface area (Å²) in [5, 5.41) is 0. The molecule has 0 saturated carbocycles. The van der Waals surface area contributed by atoms with Crippen LogP contribution in [0.5, 0.6) is 0 Å². The number of fused-ring (bicyclic) bond motifs is 2. The van der Waals surface area contributed by atoms with Crippen molar-refractivity contribution < 1.29 is 0 Å². The molecule has 5 nitrogen and oxygen atoms in total. The fourth-order valence-electron chi connectivity index (χ4n) is 6.00. The van der Waals surface area contributed by atoms with Crippen molar-refractivity contribution in [2.45, 2.75) is 71.5 Å². The molecule has 0 unspecified atom stereocenters. The Balaban J connectivity index is 1.36. The van der Waals surface area contributed by atoms with Crippen molar-refractivity contribution in [1.82, 2.24) is 24.3 Å². The van der Waals surface area contributed by atoms with Crippen LogP contribution in [0.25, 0.3) is 11.0 Å². The molecule has 2 atom stereocenters. The van der Waals surface area contributed by atoms with E-state index >= 15 is 0 Å². The molecule has 1 aliphatic carbocycles. The number of nitrogens with zero attached hydrogens (tertiary/aromatic N) is 5. The van der Waals surface area contributed by atoms with Crippen molar-refractivity contribution in [2.24, 2.45) is 11.8 Å². The Kier molecular flexibility index (Phi) is 7.31. The molecule has 1 aromatic carbocycles. The molecule has 5 heteroatoms. The van der Waals surface area contributed by atoms with Crippen molar-refractivity contribution >= 4 is 11.0 Å². The van der Waals surface area contributed by atoms with Gasteiger partial charge in [0.15, 0.2) is 0 Å². The van der Waals surface area contributed by atoms with Crippen LogP contribution in [0.1, 0.15) is 69.1 Å². The second-order valence-electron chi connectivity index (χ2n) is 11.0. The van der Waals surface area contributed by atoms with Crippen LogP contribution in [0.4, 0.5) is 0 Å². The van der Waals surface area contributed by atoms with Gasteiger partial charge in [-0.25, -0.2) is 4.98 Å². The lowest BCUT2D eigenvalue weighted by Crippen LogP contribution is -2.38. The molecule has 3 aromatic rings. The van der Waals surface area contributed by atoms with Gasteiger partial charge in [-0.2, -0.15) is 0 Å². The van der Waals surface area contributed by atoms with Crippen LogP contribution in [0, 0.1) is 11.8 Å². The van der Waals surface area contributed by atoms with Crippen LogP contribution < -0.4 is 0 Å². The number of likely N-dealkylation sites (tertiary alicyclic amines) is 1. The van der Waals surface area contributed by atoms with E-state index in [0.717, 1.165) is 30.9 Å². The fraction of sp³-hybridized carbons (Fsp3) is 0.586. The van der Waals surface area contributed by atoms with Gasteiger partial charge in [-0.1, -0.05) is 32.0 Å². The third-order valence-electron chi connectivity index (χ3n) is 7.89. The van der Waals surface area contributed by atoms with E-state index in [9.17, 15) is 0 Å². The number of imidazole rings is 1. The fourth-order valence-corrected chi connectivity index (χ4v) is 6.00. The second-order valence-corrected chi connectivity index (χ2v) is 11.0. The van der Waals surface area contributed by atoms with E-state index in [4.69, 9.17) is 9.97 Å². The van der Waals surface area contributed by atoms with Gasteiger partial charge in [0.1, 0.15) is 5.82 Å². The SMILES string of the molecule is CC(C)CCN1CCC[C@@H](Cn2c(CN(C)[C@H]3CCCc4cccnc43)nc3ccccc32)C1. The highest BCUT2D eigenvalue weighted by atomic mass is 15.2. The maximum absolute atomic E-state index is 5.13. The van der Waals surface area contributed by atoms with E-state index in [2.05, 4.69) is 71.7 Å². The highest BCUT2D eigenvalue weighted by molar-refractivity contribution is 5.75. The summed E-state index contributed by atoms with van der Waals surface area (Å²) >= 11 is 0. The molecule has 3 heterocycles. The Hall–Kier alpha value is -2.24. The third-order valence-corrected chi connectivity index (χ3v) is 7.89. The minimum Gasteiger partial charge on any atom is -0.327 e. The molecule has 1 fully saturated rings. The third kappa shape index (κ3) is 5.21. The van der Waals surface area contributed by atoms with Crippen LogP contribution in [-0.4, -0.2) is 51.0 Å². The maximum atomic E-state index is 5.13. The lowest BCUT2D eigenvalue weighted by molar-refractivity contribution is 0.154. The Morgan fingerprint density at radius 2 is 1.97 bits per heavy atom. The number of pyridine rings is 1. The summed E-state index contributed by atoms with van der Waals surface area (Å²) in [4.78, 5) is 15.1. The first-order valence-corrected chi connectivity index (χ1v) is 13.4. The quantitative estimate of drug-likeness (QED) is 0.433. The number of aromatic nitrogens is 3. The summed E-state index contributed by atoms with van der Waals surface area (Å²) in [6, 6.07) is 13.4. The first-order chi connectivity index (χ1) is 16.6. The van der Waals surface area contributed by atoms with E-state index in [-0.39, 0.29) is 0 Å². The van der Waals surface area contributed by atoms with Crippen molar-refractivity contribution in [3.05, 3.63) is 59.7 Å². The predicted molar refractivity (Wildman–Crippen MR) is 140 cm³/mol. The Bertz CT molecular complexity index is 1090. The largest absolute Gasteiger partial charge is 0.327 e. The topological polar surface area (TPSA) is 37.2 Å². The van der Waals surface area contributed by atoms with Gasteiger partial charge in [0.25, 0.3) is 0 Å². The Morgan fingerprint density at radius 1 is 1.09 bits per heavy atom. The molecule has 2 aromatic heterocycles. The maximum Gasteiger partial charge on any atom is 0.124 e. The summed E-state index contributed by atoms with van der Waals surface area (Å²) in [7, 11) is 2.26. The highest BCUT2D eigenvalue weighted by Crippen LogP contribution is 2.33. The van der Waals surface area contributed by atoms with Crippen LogP contribution in [0.15, 0.2) is 42.6 Å². The van der Waals surface area contributed by atoms with Crippen molar-refractivity contribution in [1.29, 1.82) is 0 Å². The molecular formula is C29H41N5. The van der Waals surface area contributed by atoms with Gasteiger partial charge in [-0.15, -0.1) is 0 Å². The van der Waals surface area contributed by atoms with Crippen molar-refractivity contribution in [3.8, 4) is 0 Å². The van der Waals surface area contributed by atoms with E-state index in [1.54, 1.807) is 0 Å². The molecule has 1 aliphatic heterocycles. The van der Waals surface area contributed by atoms with E-state index in [0.29, 0.717) is 12.0 Å². The number of hydrogen-bond donors (Lipinski definition) is 0. The molecule has 0 amide bonds. The van der Waals surface area contributed by atoms with Crippen molar-refractivity contribution in [3.63, 3.8) is 0 Å². The number of aryl methyl sites for hydroxylation is 1. The lowest BCUT2D eigenvalue weighted by atomic mass is 9.91. The smallest absolute Gasteiger partial charge is 0.124 e. The summed E-state index contributed by atoms with van der Waals surface area (Å²) in [6.45, 7) is 10.3. The number of rotatable bonds is 8. The number of benzene rings is 1. The number of para-hydroxylation sites is 2. The summed E-state index contributed by atoms with van der Waals surface area (Å²) in [6.07, 6.45) is 9.45. The molecule has 2 aliphatic rings. The molecule has 0 bridgehead atoms. The first-order valence-electron chi connectivity index (χ1n) is 13.4. The summed E-state index contributed by atoms with van der Waals surface area (Å²) in [5.41, 5.74) is 5.10. The second kappa shape index (κ2) is 10.6. The van der Waals surface area contributed by atoms with Crippen LogP contribution in [-0.2, 0) is 19.5 Å². The number of piperidine rings is 1. The van der Waals surface area contributed by atoms with E-state index < -0.39 is 0 Å². The van der Waals surface area contributed by atoms with Crippen LogP contribution >= 0.6 is 0 Å². The van der Waals surface area contributed by atoms with Gasteiger partial charge in [0, 0.05) is 19.3 Å². The Labute approximate surface area is 205 Å². The zero-order valence-corrected chi connectivity index (χ0v) is 21.3. The molecular weight excluding hydrogens is 418 g/mol. The molecule has 1 saturated heterocycles. The van der Waals surface area contributed by atoms with E-state index in [1.165, 1.54) is 74.3 Å². The average molecular weight is 460 g/mol. The predicted octanol–water partition coefficient (Wildman–Crippen LogP) is 5.70. The van der Waals surface area contributed by atoms with Crippen LogP contribution in [0.2, 0.25) is 0 Å². The molecule has 0 N–H and O–H groups in total. The molecule has 0 radical (unpaired) electrons. The Morgan fingerprint density at radius 3 is 2.85 bits per heavy atom. The van der Waals surface area contributed by atoms with E-state index in [1.807, 2.05) is 6.20 Å². The van der Waals surface area contributed by atoms with Gasteiger partial charge in [-0.05, 0) is 94.3 Å². The van der Waals surface area contributed by atoms with Gasteiger partial charge in [0.05, 0.1) is 29.3 Å². The van der Waals surface area contributed by atoms with Gasteiger partial charge in [0.2, 0.25) is 0 Å². The zero-order valence-electron chi connectivity index (χ0n) is 21.3. The van der Waals surface area contributed by atoms with Gasteiger partial charge < -0.3 is 9.47 Å². The molecule has 34 heavy (non-hydrogen) atoms. The monoisotopic (exact) mass is 459 g/mol. The minimum atomic E-state index is 0.374. The zero-order chi connectivity index (χ0) is 23.5. The average Bonchev–Trinajstić information content (AvgIpc) is 3.19. The van der Waals surface area contributed by atoms with Crippen molar-refractivity contribution in [2.75, 3.05) is 26.7 Å². The van der Waals surface area contributed by atoms with Gasteiger partial charge in [-0.3, -0.25) is 9.88 Å². The minimum absolute atomic E-state index is 0.374. The molecule has 182 valence electrons. The normalized spacial score (nSPS) is 21.4. The summed E-state index contributed by atoms with van der Waals surface area (Å²) in [5.74, 6) is 2.67.